The molecule has 0 radical (unpaired) electrons. The minimum absolute atomic E-state index is 0.0749. The molecule has 0 saturated carbocycles. The lowest BCUT2D eigenvalue weighted by atomic mass is 10.1. The van der Waals surface area contributed by atoms with Gasteiger partial charge in [-0.05, 0) is 35.1 Å². The van der Waals surface area contributed by atoms with Crippen LogP contribution < -0.4 is 10.6 Å². The van der Waals surface area contributed by atoms with Gasteiger partial charge in [0.1, 0.15) is 0 Å². The largest absolute Gasteiger partial charge is 0.326 e. The molecule has 2 N–H and O–H groups in total. The fourth-order valence-electron chi connectivity index (χ4n) is 1.39. The zero-order chi connectivity index (χ0) is 13.7. The Kier molecular flexibility index (Phi) is 5.24. The Bertz CT molecular complexity index is 465. The van der Waals surface area contributed by atoms with Crippen molar-refractivity contribution >= 4 is 33.2 Å². The van der Waals surface area contributed by atoms with E-state index in [1.807, 2.05) is 0 Å². The van der Waals surface area contributed by atoms with E-state index in [0.29, 0.717) is 16.7 Å². The molecular weight excluding hydrogens is 302 g/mol. The summed E-state index contributed by atoms with van der Waals surface area (Å²) in [4.78, 5) is 22.0. The molecule has 0 spiro atoms. The van der Waals surface area contributed by atoms with Gasteiger partial charge in [0.2, 0.25) is 5.91 Å². The van der Waals surface area contributed by atoms with Gasteiger partial charge in [-0.1, -0.05) is 6.92 Å². The van der Waals surface area contributed by atoms with Crippen molar-refractivity contribution in [3.8, 4) is 0 Å². The number of nitrogens with zero attached hydrogens (tertiary/aromatic N) is 1. The van der Waals surface area contributed by atoms with Crippen molar-refractivity contribution in [1.82, 2.24) is 5.32 Å². The molecule has 1 aromatic carbocycles. The number of carbonyl (C=O) groups excluding carboxylic acids is 1. The Morgan fingerprint density at radius 3 is 2.78 bits per heavy atom. The first kappa shape index (κ1) is 14.6. The first-order valence-corrected chi connectivity index (χ1v) is 6.14. The molecule has 0 fully saturated rings. The molecular formula is C11H14BrN3O3. The molecule has 18 heavy (non-hydrogen) atoms. The molecule has 0 aliphatic heterocycles. The third kappa shape index (κ3) is 3.78. The molecule has 1 aromatic rings. The maximum absolute atomic E-state index is 11.7. The Hall–Kier alpha value is -1.47. The van der Waals surface area contributed by atoms with Crippen molar-refractivity contribution < 1.29 is 9.72 Å². The van der Waals surface area contributed by atoms with Gasteiger partial charge in [-0.3, -0.25) is 14.9 Å². The highest BCUT2D eigenvalue weighted by molar-refractivity contribution is 9.10. The zero-order valence-electron chi connectivity index (χ0n) is 10.1. The summed E-state index contributed by atoms with van der Waals surface area (Å²) < 4.78 is 0.383. The number of nitrogens with one attached hydrogen (secondary N) is 2. The van der Waals surface area contributed by atoms with Crippen LogP contribution in [-0.4, -0.2) is 24.4 Å². The standard InChI is InChI=1S/C11H14BrN3O3/c1-7(6-13-2)11(16)14-8-3-4-9(12)10(5-8)15(17)18/h3-5,7,13H,6H2,1-2H3,(H,14,16). The third-order valence-electron chi connectivity index (χ3n) is 2.37. The second-order valence-corrected chi connectivity index (χ2v) is 4.73. The summed E-state index contributed by atoms with van der Waals surface area (Å²) in [6.45, 7) is 2.32. The summed E-state index contributed by atoms with van der Waals surface area (Å²) in [5.41, 5.74) is 0.340. The molecule has 98 valence electrons. The maximum Gasteiger partial charge on any atom is 0.285 e. The number of halogens is 1. The number of nitro groups is 1. The number of nitro benzene ring substituents is 1. The molecule has 0 bridgehead atoms. The van der Waals surface area contributed by atoms with Crippen LogP contribution in [0, 0.1) is 16.0 Å². The zero-order valence-corrected chi connectivity index (χ0v) is 11.7. The molecule has 0 aliphatic carbocycles. The van der Waals surface area contributed by atoms with E-state index in [0.717, 1.165) is 0 Å². The van der Waals surface area contributed by atoms with Crippen molar-refractivity contribution in [3.63, 3.8) is 0 Å². The van der Waals surface area contributed by atoms with E-state index in [1.165, 1.54) is 12.1 Å². The summed E-state index contributed by atoms with van der Waals surface area (Å²) in [7, 11) is 1.76. The molecule has 1 unspecified atom stereocenters. The summed E-state index contributed by atoms with van der Waals surface area (Å²) in [6.07, 6.45) is 0. The molecule has 0 aromatic heterocycles. The number of rotatable bonds is 5. The summed E-state index contributed by atoms with van der Waals surface area (Å²) >= 11 is 3.09. The van der Waals surface area contributed by atoms with E-state index >= 15 is 0 Å². The average Bonchev–Trinajstić information content (AvgIpc) is 2.31. The fourth-order valence-corrected chi connectivity index (χ4v) is 1.79. The van der Waals surface area contributed by atoms with Gasteiger partial charge in [0.15, 0.2) is 0 Å². The van der Waals surface area contributed by atoms with Gasteiger partial charge in [0.25, 0.3) is 5.69 Å². The topological polar surface area (TPSA) is 84.3 Å². The molecule has 1 amide bonds. The van der Waals surface area contributed by atoms with Crippen molar-refractivity contribution in [3.05, 3.63) is 32.8 Å². The van der Waals surface area contributed by atoms with Crippen LogP contribution in [-0.2, 0) is 4.79 Å². The molecule has 7 heteroatoms. The quantitative estimate of drug-likeness (QED) is 0.644. The maximum atomic E-state index is 11.7. The number of hydrogen-bond donors (Lipinski definition) is 2. The average molecular weight is 316 g/mol. The number of anilines is 1. The van der Waals surface area contributed by atoms with Crippen LogP contribution in [0.15, 0.2) is 22.7 Å². The van der Waals surface area contributed by atoms with Crippen LogP contribution in [0.2, 0.25) is 0 Å². The van der Waals surface area contributed by atoms with Crippen molar-refractivity contribution in [2.24, 2.45) is 5.92 Å². The Balaban J connectivity index is 2.82. The van der Waals surface area contributed by atoms with Crippen molar-refractivity contribution in [2.75, 3.05) is 18.9 Å². The Morgan fingerprint density at radius 2 is 2.22 bits per heavy atom. The van der Waals surface area contributed by atoms with Gasteiger partial charge in [-0.2, -0.15) is 0 Å². The van der Waals surface area contributed by atoms with E-state index in [4.69, 9.17) is 0 Å². The molecule has 6 nitrogen and oxygen atoms in total. The number of benzene rings is 1. The number of hydrogen-bond acceptors (Lipinski definition) is 4. The monoisotopic (exact) mass is 315 g/mol. The molecule has 0 saturated heterocycles. The van der Waals surface area contributed by atoms with Crippen LogP contribution in [0.4, 0.5) is 11.4 Å². The lowest BCUT2D eigenvalue weighted by molar-refractivity contribution is -0.385. The predicted octanol–water partition coefficient (Wildman–Crippen LogP) is 2.15. The third-order valence-corrected chi connectivity index (χ3v) is 3.04. The SMILES string of the molecule is CNCC(C)C(=O)Nc1ccc(Br)c([N+](=O)[O-])c1. The van der Waals surface area contributed by atoms with Gasteiger partial charge >= 0.3 is 0 Å². The van der Waals surface area contributed by atoms with Crippen LogP contribution >= 0.6 is 15.9 Å². The molecule has 0 heterocycles. The smallest absolute Gasteiger partial charge is 0.285 e. The summed E-state index contributed by atoms with van der Waals surface area (Å²) in [5.74, 6) is -0.390. The Morgan fingerprint density at radius 1 is 1.56 bits per heavy atom. The van der Waals surface area contributed by atoms with Gasteiger partial charge in [-0.25, -0.2) is 0 Å². The van der Waals surface area contributed by atoms with E-state index < -0.39 is 4.92 Å². The molecule has 1 rings (SSSR count). The van der Waals surface area contributed by atoms with Gasteiger partial charge in [0.05, 0.1) is 9.40 Å². The van der Waals surface area contributed by atoms with Gasteiger partial charge in [-0.15, -0.1) is 0 Å². The lowest BCUT2D eigenvalue weighted by Crippen LogP contribution is -2.28. The van der Waals surface area contributed by atoms with E-state index in [2.05, 4.69) is 26.6 Å². The first-order valence-electron chi connectivity index (χ1n) is 5.35. The first-order chi connectivity index (χ1) is 8.45. The number of amides is 1. The summed E-state index contributed by atoms with van der Waals surface area (Å²) in [5, 5.41) is 16.3. The minimum atomic E-state index is -0.503. The minimum Gasteiger partial charge on any atom is -0.326 e. The molecule has 1 atom stereocenters. The van der Waals surface area contributed by atoms with Crippen LogP contribution in [0.5, 0.6) is 0 Å². The highest BCUT2D eigenvalue weighted by Gasteiger charge is 2.16. The normalized spacial score (nSPS) is 11.9. The number of carbonyl (C=O) groups is 1. The lowest BCUT2D eigenvalue weighted by Gasteiger charge is -2.11. The summed E-state index contributed by atoms with van der Waals surface area (Å²) in [6, 6.07) is 4.48. The van der Waals surface area contributed by atoms with Crippen molar-refractivity contribution in [2.45, 2.75) is 6.92 Å². The van der Waals surface area contributed by atoms with Crippen LogP contribution in [0.3, 0.4) is 0 Å². The van der Waals surface area contributed by atoms with E-state index in [1.54, 1.807) is 20.0 Å². The predicted molar refractivity (Wildman–Crippen MR) is 72.5 cm³/mol. The van der Waals surface area contributed by atoms with Crippen LogP contribution in [0.25, 0.3) is 0 Å². The van der Waals surface area contributed by atoms with Gasteiger partial charge in [0, 0.05) is 24.2 Å². The van der Waals surface area contributed by atoms with E-state index in [9.17, 15) is 14.9 Å². The van der Waals surface area contributed by atoms with Gasteiger partial charge < -0.3 is 10.6 Å². The second kappa shape index (κ2) is 6.46. The van der Waals surface area contributed by atoms with Crippen LogP contribution in [0.1, 0.15) is 6.92 Å². The highest BCUT2D eigenvalue weighted by Crippen LogP contribution is 2.27. The highest BCUT2D eigenvalue weighted by atomic mass is 79.9. The van der Waals surface area contributed by atoms with E-state index in [-0.39, 0.29) is 17.5 Å². The van der Waals surface area contributed by atoms with Crippen molar-refractivity contribution in [1.29, 1.82) is 0 Å². The molecule has 0 aliphatic rings. The Labute approximate surface area is 113 Å². The fraction of sp³-hybridized carbons (Fsp3) is 0.364. The second-order valence-electron chi connectivity index (χ2n) is 3.87.